The summed E-state index contributed by atoms with van der Waals surface area (Å²) in [6.45, 7) is 4.13. The van der Waals surface area contributed by atoms with Crippen molar-refractivity contribution in [3.63, 3.8) is 0 Å². The summed E-state index contributed by atoms with van der Waals surface area (Å²) in [6.07, 6.45) is 4.85. The van der Waals surface area contributed by atoms with Crippen molar-refractivity contribution in [1.82, 2.24) is 15.1 Å². The number of hydrogen-bond donors (Lipinski definition) is 3. The van der Waals surface area contributed by atoms with E-state index in [0.29, 0.717) is 22.9 Å². The van der Waals surface area contributed by atoms with Gasteiger partial charge in [0.05, 0.1) is 30.5 Å². The summed E-state index contributed by atoms with van der Waals surface area (Å²) >= 11 is 5.91. The molecule has 10 nitrogen and oxygen atoms in total. The number of aliphatic hydroxyl groups excluding tert-OH is 1. The Balaban J connectivity index is 1.59. The molecule has 1 aliphatic carbocycles. The summed E-state index contributed by atoms with van der Waals surface area (Å²) in [5.41, 5.74) is 0.773. The van der Waals surface area contributed by atoms with Crippen LogP contribution in [-0.4, -0.2) is 80.2 Å². The van der Waals surface area contributed by atoms with Gasteiger partial charge < -0.3 is 25.0 Å². The molecule has 12 heteroatoms. The van der Waals surface area contributed by atoms with Gasteiger partial charge in [-0.3, -0.25) is 9.52 Å². The number of likely N-dealkylation sites (N-methyl/N-ethyl adjacent to an activating group) is 1. The Bertz CT molecular complexity index is 1350. The van der Waals surface area contributed by atoms with Crippen LogP contribution < -0.4 is 14.8 Å². The van der Waals surface area contributed by atoms with Crippen LogP contribution in [0.15, 0.2) is 47.4 Å². The highest BCUT2D eigenvalue weighted by molar-refractivity contribution is 7.92. The highest BCUT2D eigenvalue weighted by atomic mass is 35.5. The van der Waals surface area contributed by atoms with Gasteiger partial charge in [0.2, 0.25) is 5.91 Å². The second-order valence-corrected chi connectivity index (χ2v) is 13.6. The maximum absolute atomic E-state index is 13.5. The van der Waals surface area contributed by atoms with Crippen molar-refractivity contribution < 1.29 is 27.9 Å². The van der Waals surface area contributed by atoms with Gasteiger partial charge in [-0.25, -0.2) is 13.2 Å². The number of amides is 3. The molecule has 2 aromatic rings. The van der Waals surface area contributed by atoms with Crippen LogP contribution in [0.4, 0.5) is 10.5 Å². The molecule has 2 aliphatic rings. The molecule has 0 bridgehead atoms. The second kappa shape index (κ2) is 14.0. The molecule has 4 rings (SSSR count). The number of hydrogen-bond acceptors (Lipinski definition) is 6. The minimum Gasteiger partial charge on any atom is -0.488 e. The first-order valence-electron chi connectivity index (χ1n) is 14.5. The fourth-order valence-electron chi connectivity index (χ4n) is 5.42. The number of carbonyl (C=O) groups excluding carboxylic acids is 2. The Kier molecular flexibility index (Phi) is 10.6. The summed E-state index contributed by atoms with van der Waals surface area (Å²) < 4.78 is 35.0. The van der Waals surface area contributed by atoms with Gasteiger partial charge in [-0.15, -0.1) is 0 Å². The predicted molar refractivity (Wildman–Crippen MR) is 162 cm³/mol. The fraction of sp³-hybridized carbons (Fsp3) is 0.533. The first-order valence-corrected chi connectivity index (χ1v) is 16.3. The lowest BCUT2D eigenvalue weighted by atomic mass is 9.96. The molecule has 3 N–H and O–H groups in total. The summed E-state index contributed by atoms with van der Waals surface area (Å²) in [6, 6.07) is 10.2. The summed E-state index contributed by atoms with van der Waals surface area (Å²) in [4.78, 5) is 29.8. The predicted octanol–water partition coefficient (Wildman–Crippen LogP) is 4.26. The van der Waals surface area contributed by atoms with Gasteiger partial charge in [-0.1, -0.05) is 37.8 Å². The zero-order valence-electron chi connectivity index (χ0n) is 24.4. The molecule has 1 heterocycles. The molecule has 2 aromatic carbocycles. The van der Waals surface area contributed by atoms with E-state index in [0.717, 1.165) is 25.7 Å². The van der Waals surface area contributed by atoms with Gasteiger partial charge in [0.15, 0.2) is 0 Å². The zero-order chi connectivity index (χ0) is 30.4. The standard InChI is InChI=1S/C30H41ClN4O6S/c1-20-17-35(21(2)19-36)29(37)16-22-15-25(33-42(39,40)26-12-9-23(31)10-13-26)11-14-27(22)41-28(20)18-34(3)30(38)32-24-7-5-4-6-8-24/h9-15,20-21,24,28,33,36H,4-8,16-19H2,1-3H3,(H,32,38)/t20-,21-,28+/m0/s1. The molecule has 0 spiro atoms. The molecule has 230 valence electrons. The highest BCUT2D eigenvalue weighted by Crippen LogP contribution is 2.30. The van der Waals surface area contributed by atoms with E-state index in [1.54, 1.807) is 42.0 Å². The lowest BCUT2D eigenvalue weighted by Gasteiger charge is -2.34. The Hall–Kier alpha value is -3.02. The van der Waals surface area contributed by atoms with Crippen LogP contribution in [0.3, 0.4) is 0 Å². The summed E-state index contributed by atoms with van der Waals surface area (Å²) in [5.74, 6) is 0.0474. The topological polar surface area (TPSA) is 128 Å². The minimum atomic E-state index is -3.91. The van der Waals surface area contributed by atoms with Crippen molar-refractivity contribution in [3.8, 4) is 5.75 Å². The number of anilines is 1. The van der Waals surface area contributed by atoms with Crippen LogP contribution in [0.25, 0.3) is 0 Å². The second-order valence-electron chi connectivity index (χ2n) is 11.4. The van der Waals surface area contributed by atoms with Crippen LogP contribution in [0, 0.1) is 5.92 Å². The quantitative estimate of drug-likeness (QED) is 0.405. The summed E-state index contributed by atoms with van der Waals surface area (Å²) in [7, 11) is -2.18. The molecule has 0 unspecified atom stereocenters. The third-order valence-electron chi connectivity index (χ3n) is 8.03. The van der Waals surface area contributed by atoms with E-state index in [-0.39, 0.29) is 54.1 Å². The van der Waals surface area contributed by atoms with Crippen molar-refractivity contribution in [2.45, 2.75) is 75.5 Å². The van der Waals surface area contributed by atoms with E-state index in [2.05, 4.69) is 10.0 Å². The van der Waals surface area contributed by atoms with E-state index in [1.165, 1.54) is 30.7 Å². The third-order valence-corrected chi connectivity index (χ3v) is 9.68. The minimum absolute atomic E-state index is 0.0480. The smallest absolute Gasteiger partial charge is 0.317 e. The van der Waals surface area contributed by atoms with Gasteiger partial charge in [0.25, 0.3) is 10.0 Å². The number of sulfonamides is 1. The number of halogens is 1. The van der Waals surface area contributed by atoms with Gasteiger partial charge in [0.1, 0.15) is 11.9 Å². The Morgan fingerprint density at radius 2 is 1.86 bits per heavy atom. The molecule has 1 saturated carbocycles. The monoisotopic (exact) mass is 620 g/mol. The van der Waals surface area contributed by atoms with Crippen molar-refractivity contribution in [2.75, 3.05) is 31.5 Å². The number of ether oxygens (including phenoxy) is 1. The Morgan fingerprint density at radius 1 is 1.17 bits per heavy atom. The Morgan fingerprint density at radius 3 is 2.52 bits per heavy atom. The van der Waals surface area contributed by atoms with E-state index in [4.69, 9.17) is 16.3 Å². The number of rotatable bonds is 8. The van der Waals surface area contributed by atoms with Crippen LogP contribution in [0.2, 0.25) is 5.02 Å². The van der Waals surface area contributed by atoms with Crippen molar-refractivity contribution in [1.29, 1.82) is 0 Å². The maximum Gasteiger partial charge on any atom is 0.317 e. The molecule has 0 saturated heterocycles. The molecule has 3 amide bonds. The lowest BCUT2D eigenvalue weighted by molar-refractivity contribution is -0.134. The van der Waals surface area contributed by atoms with Crippen LogP contribution in [0.5, 0.6) is 5.75 Å². The average Bonchev–Trinajstić information content (AvgIpc) is 3.00. The van der Waals surface area contributed by atoms with Crippen molar-refractivity contribution in [2.24, 2.45) is 5.92 Å². The van der Waals surface area contributed by atoms with Crippen LogP contribution in [0.1, 0.15) is 51.5 Å². The zero-order valence-corrected chi connectivity index (χ0v) is 26.0. The van der Waals surface area contributed by atoms with Crippen LogP contribution >= 0.6 is 11.6 Å². The van der Waals surface area contributed by atoms with E-state index in [1.807, 2.05) is 6.92 Å². The first-order chi connectivity index (χ1) is 20.0. The van der Waals surface area contributed by atoms with Gasteiger partial charge in [-0.2, -0.15) is 0 Å². The first kappa shape index (κ1) is 31.9. The van der Waals surface area contributed by atoms with Gasteiger partial charge in [0, 0.05) is 41.8 Å². The maximum atomic E-state index is 13.5. The molecule has 1 aliphatic heterocycles. The highest BCUT2D eigenvalue weighted by Gasteiger charge is 2.32. The van der Waals surface area contributed by atoms with E-state index >= 15 is 0 Å². The molecular formula is C30H41ClN4O6S. The largest absolute Gasteiger partial charge is 0.488 e. The third kappa shape index (κ3) is 8.08. The van der Waals surface area contributed by atoms with Crippen molar-refractivity contribution in [3.05, 3.63) is 53.1 Å². The fourth-order valence-corrected chi connectivity index (χ4v) is 6.60. The number of aliphatic hydroxyl groups is 1. The molecular weight excluding hydrogens is 580 g/mol. The van der Waals surface area contributed by atoms with E-state index < -0.39 is 22.2 Å². The normalized spacial score (nSPS) is 20.8. The number of carbonyl (C=O) groups is 2. The molecule has 1 fully saturated rings. The number of benzene rings is 2. The SMILES string of the molecule is C[C@H]1CN([C@@H](C)CO)C(=O)Cc2cc(NS(=O)(=O)c3ccc(Cl)cc3)ccc2O[C@@H]1CN(C)C(=O)NC1CCCCC1. The number of nitrogens with one attached hydrogen (secondary N) is 2. The number of urea groups is 1. The molecule has 0 aromatic heterocycles. The molecule has 3 atom stereocenters. The number of fused-ring (bicyclic) bond motifs is 1. The molecule has 0 radical (unpaired) electrons. The lowest BCUT2D eigenvalue weighted by Crippen LogP contribution is -2.50. The van der Waals surface area contributed by atoms with Gasteiger partial charge >= 0.3 is 6.03 Å². The summed E-state index contributed by atoms with van der Waals surface area (Å²) in [5, 5.41) is 13.4. The van der Waals surface area contributed by atoms with Crippen LogP contribution in [-0.2, 0) is 21.2 Å². The average molecular weight is 621 g/mol. The molecule has 42 heavy (non-hydrogen) atoms. The number of nitrogens with zero attached hydrogens (tertiary/aromatic N) is 2. The Labute approximate surface area is 253 Å². The van der Waals surface area contributed by atoms with Crippen molar-refractivity contribution >= 4 is 39.2 Å². The van der Waals surface area contributed by atoms with Gasteiger partial charge in [-0.05, 0) is 62.2 Å². The van der Waals surface area contributed by atoms with E-state index in [9.17, 15) is 23.1 Å².